The van der Waals surface area contributed by atoms with Crippen LogP contribution in [0.3, 0.4) is 0 Å². The summed E-state index contributed by atoms with van der Waals surface area (Å²) in [5.74, 6) is 0. The van der Waals surface area contributed by atoms with E-state index >= 15 is 0 Å². The molecular weight excluding hydrogens is 209 g/mol. The van der Waals surface area contributed by atoms with Crippen molar-refractivity contribution >= 4 is 34.6 Å². The standard InChI is InChI=1S/C8H11Cl2N3/c9-5-3-7(12)8(4-6(5)10)13-2-1-11/h3-4,13H,1-2,11-12H2. The molecule has 13 heavy (non-hydrogen) atoms. The minimum absolute atomic E-state index is 0.456. The zero-order valence-electron chi connectivity index (χ0n) is 6.98. The van der Waals surface area contributed by atoms with Gasteiger partial charge in [-0.05, 0) is 12.1 Å². The Bertz CT molecular complexity index is 302. The summed E-state index contributed by atoms with van der Waals surface area (Å²) < 4.78 is 0. The first-order valence-electron chi connectivity index (χ1n) is 3.83. The summed E-state index contributed by atoms with van der Waals surface area (Å²) in [4.78, 5) is 0. The van der Waals surface area contributed by atoms with Gasteiger partial charge in [0.15, 0.2) is 0 Å². The molecule has 0 atom stereocenters. The van der Waals surface area contributed by atoms with Crippen LogP contribution in [-0.2, 0) is 0 Å². The van der Waals surface area contributed by atoms with Gasteiger partial charge < -0.3 is 16.8 Å². The van der Waals surface area contributed by atoms with Crippen LogP contribution in [-0.4, -0.2) is 13.1 Å². The fourth-order valence-electron chi connectivity index (χ4n) is 0.922. The lowest BCUT2D eigenvalue weighted by Gasteiger charge is -2.09. The highest BCUT2D eigenvalue weighted by Crippen LogP contribution is 2.30. The Labute approximate surface area is 87.0 Å². The van der Waals surface area contributed by atoms with E-state index in [-0.39, 0.29) is 0 Å². The molecule has 3 nitrogen and oxygen atoms in total. The van der Waals surface area contributed by atoms with Crippen molar-refractivity contribution in [3.63, 3.8) is 0 Å². The number of anilines is 2. The summed E-state index contributed by atoms with van der Waals surface area (Å²) in [6.07, 6.45) is 0. The number of hydrogen-bond donors (Lipinski definition) is 3. The molecule has 0 fully saturated rings. The molecule has 0 amide bonds. The number of nitrogens with one attached hydrogen (secondary N) is 1. The van der Waals surface area contributed by atoms with Crippen molar-refractivity contribution in [2.45, 2.75) is 0 Å². The molecule has 1 rings (SSSR count). The van der Waals surface area contributed by atoms with E-state index in [2.05, 4.69) is 5.32 Å². The Morgan fingerprint density at radius 3 is 2.46 bits per heavy atom. The monoisotopic (exact) mass is 219 g/mol. The average molecular weight is 220 g/mol. The SMILES string of the molecule is NCCNc1cc(Cl)c(Cl)cc1N. The van der Waals surface area contributed by atoms with Crippen molar-refractivity contribution in [3.8, 4) is 0 Å². The first kappa shape index (κ1) is 10.4. The fourth-order valence-corrected chi connectivity index (χ4v) is 1.26. The zero-order valence-corrected chi connectivity index (χ0v) is 8.49. The number of nitrogen functional groups attached to an aromatic ring is 1. The van der Waals surface area contributed by atoms with Crippen LogP contribution in [0, 0.1) is 0 Å². The highest BCUT2D eigenvalue weighted by molar-refractivity contribution is 6.42. The Kier molecular flexibility index (Phi) is 3.66. The summed E-state index contributed by atoms with van der Waals surface area (Å²) in [5, 5.41) is 3.98. The molecule has 0 aromatic heterocycles. The minimum Gasteiger partial charge on any atom is -0.397 e. The first-order chi connectivity index (χ1) is 6.15. The quantitative estimate of drug-likeness (QED) is 0.682. The molecule has 1 aromatic rings. The Balaban J connectivity index is 2.88. The lowest BCUT2D eigenvalue weighted by atomic mass is 10.2. The van der Waals surface area contributed by atoms with Gasteiger partial charge in [0.2, 0.25) is 0 Å². The molecule has 0 heterocycles. The van der Waals surface area contributed by atoms with E-state index < -0.39 is 0 Å². The number of halogens is 2. The molecule has 0 radical (unpaired) electrons. The Hall–Kier alpha value is -0.640. The Morgan fingerprint density at radius 1 is 1.23 bits per heavy atom. The molecule has 5 N–H and O–H groups in total. The van der Waals surface area contributed by atoms with Crippen LogP contribution in [0.4, 0.5) is 11.4 Å². The van der Waals surface area contributed by atoms with Crippen LogP contribution in [0.5, 0.6) is 0 Å². The van der Waals surface area contributed by atoms with Gasteiger partial charge in [0, 0.05) is 13.1 Å². The summed E-state index contributed by atoms with van der Waals surface area (Å²) in [5.41, 5.74) is 12.4. The normalized spacial score (nSPS) is 10.1. The van der Waals surface area contributed by atoms with Crippen molar-refractivity contribution in [1.82, 2.24) is 0 Å². The predicted octanol–water partition coefficient (Wildman–Crippen LogP) is 1.95. The van der Waals surface area contributed by atoms with Crippen molar-refractivity contribution < 1.29 is 0 Å². The van der Waals surface area contributed by atoms with Crippen molar-refractivity contribution in [3.05, 3.63) is 22.2 Å². The summed E-state index contributed by atoms with van der Waals surface area (Å²) in [6.45, 7) is 1.20. The van der Waals surface area contributed by atoms with Gasteiger partial charge in [-0.25, -0.2) is 0 Å². The van der Waals surface area contributed by atoms with Crippen LogP contribution in [0.25, 0.3) is 0 Å². The maximum Gasteiger partial charge on any atom is 0.0614 e. The maximum atomic E-state index is 5.81. The van der Waals surface area contributed by atoms with E-state index in [4.69, 9.17) is 34.7 Å². The second-order valence-corrected chi connectivity index (χ2v) is 3.38. The van der Waals surface area contributed by atoms with Gasteiger partial charge >= 0.3 is 0 Å². The van der Waals surface area contributed by atoms with Crippen molar-refractivity contribution in [2.24, 2.45) is 5.73 Å². The van der Waals surface area contributed by atoms with Crippen molar-refractivity contribution in [1.29, 1.82) is 0 Å². The third-order valence-electron chi connectivity index (χ3n) is 1.55. The summed E-state index contributed by atoms with van der Waals surface area (Å²) >= 11 is 11.6. The second kappa shape index (κ2) is 4.56. The van der Waals surface area contributed by atoms with Gasteiger partial charge in [-0.2, -0.15) is 0 Å². The van der Waals surface area contributed by atoms with Gasteiger partial charge in [0.25, 0.3) is 0 Å². The second-order valence-electron chi connectivity index (χ2n) is 2.57. The molecule has 0 aliphatic carbocycles. The number of hydrogen-bond acceptors (Lipinski definition) is 3. The number of rotatable bonds is 3. The van der Waals surface area contributed by atoms with Gasteiger partial charge in [-0.3, -0.25) is 0 Å². The van der Waals surface area contributed by atoms with E-state index in [1.165, 1.54) is 0 Å². The molecule has 5 heteroatoms. The van der Waals surface area contributed by atoms with E-state index in [0.717, 1.165) is 5.69 Å². The zero-order chi connectivity index (χ0) is 9.84. The maximum absolute atomic E-state index is 5.81. The third-order valence-corrected chi connectivity index (χ3v) is 2.27. The average Bonchev–Trinajstić information content (AvgIpc) is 2.09. The molecule has 1 aromatic carbocycles. The van der Waals surface area contributed by atoms with Crippen molar-refractivity contribution in [2.75, 3.05) is 24.1 Å². The smallest absolute Gasteiger partial charge is 0.0614 e. The van der Waals surface area contributed by atoms with Crippen LogP contribution in [0.1, 0.15) is 0 Å². The fraction of sp³-hybridized carbons (Fsp3) is 0.250. The Morgan fingerprint density at radius 2 is 1.85 bits per heavy atom. The van der Waals surface area contributed by atoms with Crippen LogP contribution >= 0.6 is 23.2 Å². The highest BCUT2D eigenvalue weighted by atomic mass is 35.5. The van der Waals surface area contributed by atoms with Gasteiger partial charge in [-0.1, -0.05) is 23.2 Å². The van der Waals surface area contributed by atoms with Crippen LogP contribution in [0.2, 0.25) is 10.0 Å². The van der Waals surface area contributed by atoms with E-state index in [9.17, 15) is 0 Å². The molecular formula is C8H11Cl2N3. The lowest BCUT2D eigenvalue weighted by Crippen LogP contribution is -2.14. The van der Waals surface area contributed by atoms with E-state index in [0.29, 0.717) is 28.8 Å². The van der Waals surface area contributed by atoms with Gasteiger partial charge in [0.1, 0.15) is 0 Å². The van der Waals surface area contributed by atoms with E-state index in [1.54, 1.807) is 12.1 Å². The highest BCUT2D eigenvalue weighted by Gasteiger charge is 2.03. The molecule has 0 bridgehead atoms. The topological polar surface area (TPSA) is 64.1 Å². The van der Waals surface area contributed by atoms with Crippen LogP contribution < -0.4 is 16.8 Å². The first-order valence-corrected chi connectivity index (χ1v) is 4.59. The molecule has 0 aliphatic rings. The molecule has 0 spiro atoms. The lowest BCUT2D eigenvalue weighted by molar-refractivity contribution is 1.03. The predicted molar refractivity (Wildman–Crippen MR) is 58.4 cm³/mol. The molecule has 0 saturated heterocycles. The van der Waals surface area contributed by atoms with Crippen LogP contribution in [0.15, 0.2) is 12.1 Å². The minimum atomic E-state index is 0.456. The molecule has 72 valence electrons. The molecule has 0 unspecified atom stereocenters. The third kappa shape index (κ3) is 2.66. The largest absolute Gasteiger partial charge is 0.397 e. The van der Waals surface area contributed by atoms with Gasteiger partial charge in [-0.15, -0.1) is 0 Å². The van der Waals surface area contributed by atoms with E-state index in [1.807, 2.05) is 0 Å². The molecule has 0 saturated carbocycles. The summed E-state index contributed by atoms with van der Waals surface area (Å²) in [6, 6.07) is 3.30. The molecule has 0 aliphatic heterocycles. The number of nitrogens with two attached hydrogens (primary N) is 2. The summed E-state index contributed by atoms with van der Waals surface area (Å²) in [7, 11) is 0. The van der Waals surface area contributed by atoms with Gasteiger partial charge in [0.05, 0.1) is 21.4 Å². The number of benzene rings is 1.